The number of hydrogen-bond acceptors (Lipinski definition) is 4. The first-order chi connectivity index (χ1) is 11.5. The van der Waals surface area contributed by atoms with Gasteiger partial charge in [0.15, 0.2) is 11.6 Å². The Morgan fingerprint density at radius 3 is 2.42 bits per heavy atom. The number of hydrogen-bond donors (Lipinski definition) is 0. The van der Waals surface area contributed by atoms with Crippen LogP contribution in [-0.4, -0.2) is 30.8 Å². The lowest BCUT2D eigenvalue weighted by Crippen LogP contribution is -2.29. The van der Waals surface area contributed by atoms with Crippen molar-refractivity contribution in [3.63, 3.8) is 0 Å². The van der Waals surface area contributed by atoms with Crippen LogP contribution in [0.3, 0.4) is 0 Å². The van der Waals surface area contributed by atoms with Crippen molar-refractivity contribution < 1.29 is 27.9 Å². The Labute approximate surface area is 138 Å². The largest absolute Gasteiger partial charge is 0.466 e. The maximum atomic E-state index is 14.3. The van der Waals surface area contributed by atoms with E-state index in [2.05, 4.69) is 0 Å². The van der Waals surface area contributed by atoms with E-state index in [9.17, 15) is 23.2 Å². The van der Waals surface area contributed by atoms with Crippen molar-refractivity contribution in [2.75, 3.05) is 13.3 Å². The summed E-state index contributed by atoms with van der Waals surface area (Å²) in [6, 6.07) is 6.02. The second kappa shape index (κ2) is 7.95. The predicted octanol–water partition coefficient (Wildman–Crippen LogP) is 3.15. The lowest BCUT2D eigenvalue weighted by atomic mass is 9.84. The summed E-state index contributed by atoms with van der Waals surface area (Å²) < 4.78 is 31.3. The molecule has 4 nitrogen and oxygen atoms in total. The molecule has 24 heavy (non-hydrogen) atoms. The maximum absolute atomic E-state index is 14.3. The third-order valence-electron chi connectivity index (χ3n) is 3.85. The summed E-state index contributed by atoms with van der Waals surface area (Å²) in [5, 5.41) is 0. The minimum Gasteiger partial charge on any atom is -0.466 e. The van der Waals surface area contributed by atoms with Crippen LogP contribution in [0.2, 0.25) is 0 Å². The van der Waals surface area contributed by atoms with Crippen LogP contribution in [0, 0.1) is 5.92 Å². The minimum atomic E-state index is -0.888. The molecule has 0 amide bonds. The van der Waals surface area contributed by atoms with Gasteiger partial charge in [-0.05, 0) is 12.5 Å². The average Bonchev–Trinajstić information content (AvgIpc) is 2.55. The normalized spacial score (nSPS) is 17.8. The quantitative estimate of drug-likeness (QED) is 0.455. The van der Waals surface area contributed by atoms with Gasteiger partial charge in [-0.25, -0.2) is 4.39 Å². The topological polar surface area (TPSA) is 60.4 Å². The van der Waals surface area contributed by atoms with E-state index in [1.54, 1.807) is 19.1 Å². The summed E-state index contributed by atoms with van der Waals surface area (Å²) in [4.78, 5) is 36.2. The molecular weight excluding hydrogens is 318 g/mol. The van der Waals surface area contributed by atoms with E-state index < -0.39 is 41.5 Å². The third-order valence-corrected chi connectivity index (χ3v) is 3.85. The van der Waals surface area contributed by atoms with E-state index in [4.69, 9.17) is 4.74 Å². The van der Waals surface area contributed by atoms with Crippen LogP contribution in [0.15, 0.2) is 35.7 Å². The van der Waals surface area contributed by atoms with Crippen LogP contribution in [0.4, 0.5) is 8.78 Å². The smallest absolute Gasteiger partial charge is 0.309 e. The van der Waals surface area contributed by atoms with E-state index in [1.807, 2.05) is 0 Å². The summed E-state index contributed by atoms with van der Waals surface area (Å²) in [7, 11) is 0. The van der Waals surface area contributed by atoms with E-state index >= 15 is 0 Å². The summed E-state index contributed by atoms with van der Waals surface area (Å²) in [5.74, 6) is -3.83. The molecule has 1 aromatic carbocycles. The summed E-state index contributed by atoms with van der Waals surface area (Å²) in [6.45, 7) is 1.25. The van der Waals surface area contributed by atoms with E-state index in [0.29, 0.717) is 5.56 Å². The molecule has 1 aromatic rings. The number of ether oxygens (including phenoxy) is 1. The van der Waals surface area contributed by atoms with Gasteiger partial charge in [0, 0.05) is 24.8 Å². The molecule has 0 saturated carbocycles. The van der Waals surface area contributed by atoms with Gasteiger partial charge in [-0.2, -0.15) is 0 Å². The van der Waals surface area contributed by atoms with Gasteiger partial charge in [-0.1, -0.05) is 24.3 Å². The van der Waals surface area contributed by atoms with Crippen LogP contribution in [-0.2, 0) is 20.7 Å². The molecule has 0 saturated heterocycles. The molecule has 0 spiro atoms. The fourth-order valence-electron chi connectivity index (χ4n) is 2.62. The summed E-state index contributed by atoms with van der Waals surface area (Å²) in [5.41, 5.74) is 0.361. The number of rotatable bonds is 6. The van der Waals surface area contributed by atoms with Gasteiger partial charge in [0.05, 0.1) is 24.8 Å². The number of Topliss-reactive ketones (excluding diaryl/α,β-unsaturated/α-hetero) is 2. The Hall–Kier alpha value is -2.37. The number of alkyl halides is 1. The van der Waals surface area contributed by atoms with Crippen molar-refractivity contribution in [3.8, 4) is 0 Å². The number of ketones is 2. The Balaban J connectivity index is 2.20. The Morgan fingerprint density at radius 1 is 1.21 bits per heavy atom. The zero-order valence-corrected chi connectivity index (χ0v) is 13.3. The maximum Gasteiger partial charge on any atom is 0.309 e. The molecule has 0 N–H and O–H groups in total. The van der Waals surface area contributed by atoms with Gasteiger partial charge in [-0.15, -0.1) is 0 Å². The standard InChI is InChI=1S/C18H18F2O4/c1-2-24-18(23)13-9-14(20)16(15(21)10-13)17(22)12-5-3-11(4-6-12)7-8-19/h3-6,13H,2,7-10H2,1H3. The SMILES string of the molecule is CCOC(=O)C1CC(=O)C(C(=O)c2ccc(CCF)cc2)=C(F)C1. The van der Waals surface area contributed by atoms with Crippen LogP contribution in [0.25, 0.3) is 0 Å². The molecule has 0 aliphatic heterocycles. The number of esters is 1. The van der Waals surface area contributed by atoms with Crippen LogP contribution in [0.5, 0.6) is 0 Å². The molecule has 1 aliphatic carbocycles. The first-order valence-corrected chi connectivity index (χ1v) is 7.76. The van der Waals surface area contributed by atoms with E-state index in [0.717, 1.165) is 0 Å². The van der Waals surface area contributed by atoms with Gasteiger partial charge in [0.25, 0.3) is 0 Å². The number of carbonyl (C=O) groups is 3. The lowest BCUT2D eigenvalue weighted by molar-refractivity contribution is -0.149. The fraction of sp³-hybridized carbons (Fsp3) is 0.389. The van der Waals surface area contributed by atoms with Crippen LogP contribution in [0.1, 0.15) is 35.7 Å². The molecule has 1 unspecified atom stereocenters. The minimum absolute atomic E-state index is 0.145. The van der Waals surface area contributed by atoms with Crippen LogP contribution < -0.4 is 0 Å². The average molecular weight is 336 g/mol. The van der Waals surface area contributed by atoms with Crippen molar-refractivity contribution in [1.29, 1.82) is 0 Å². The Bertz CT molecular complexity index is 677. The number of aryl methyl sites for hydroxylation is 1. The van der Waals surface area contributed by atoms with Gasteiger partial charge < -0.3 is 4.74 Å². The summed E-state index contributed by atoms with van der Waals surface area (Å²) in [6.07, 6.45) is -0.329. The lowest BCUT2D eigenvalue weighted by Gasteiger charge is -2.20. The first-order valence-electron chi connectivity index (χ1n) is 7.76. The highest BCUT2D eigenvalue weighted by Gasteiger charge is 2.36. The van der Waals surface area contributed by atoms with Crippen molar-refractivity contribution >= 4 is 17.5 Å². The second-order valence-electron chi connectivity index (χ2n) is 5.53. The van der Waals surface area contributed by atoms with Gasteiger partial charge >= 0.3 is 5.97 Å². The number of halogens is 2. The molecule has 0 fully saturated rings. The van der Waals surface area contributed by atoms with Crippen molar-refractivity contribution in [2.45, 2.75) is 26.2 Å². The molecular formula is C18H18F2O4. The molecule has 0 aromatic heterocycles. The monoisotopic (exact) mass is 336 g/mol. The molecule has 1 aliphatic rings. The highest BCUT2D eigenvalue weighted by atomic mass is 19.1. The van der Waals surface area contributed by atoms with Crippen molar-refractivity contribution in [3.05, 3.63) is 46.8 Å². The number of allylic oxidation sites excluding steroid dienone is 2. The first kappa shape index (κ1) is 18.0. The van der Waals surface area contributed by atoms with Crippen molar-refractivity contribution in [2.24, 2.45) is 5.92 Å². The predicted molar refractivity (Wildman–Crippen MR) is 82.9 cm³/mol. The second-order valence-corrected chi connectivity index (χ2v) is 5.53. The van der Waals surface area contributed by atoms with Gasteiger partial charge in [0.2, 0.25) is 0 Å². The number of carbonyl (C=O) groups excluding carboxylic acids is 3. The number of benzene rings is 1. The van der Waals surface area contributed by atoms with Crippen LogP contribution >= 0.6 is 0 Å². The molecule has 6 heteroatoms. The molecule has 0 heterocycles. The van der Waals surface area contributed by atoms with E-state index in [-0.39, 0.29) is 31.4 Å². The molecule has 0 radical (unpaired) electrons. The van der Waals surface area contributed by atoms with Gasteiger partial charge in [0.1, 0.15) is 5.83 Å². The van der Waals surface area contributed by atoms with Gasteiger partial charge in [-0.3, -0.25) is 18.8 Å². The molecule has 0 bridgehead atoms. The zero-order valence-electron chi connectivity index (χ0n) is 13.3. The van der Waals surface area contributed by atoms with Crippen molar-refractivity contribution in [1.82, 2.24) is 0 Å². The highest BCUT2D eigenvalue weighted by Crippen LogP contribution is 2.31. The molecule has 128 valence electrons. The highest BCUT2D eigenvalue weighted by molar-refractivity contribution is 6.27. The summed E-state index contributed by atoms with van der Waals surface area (Å²) >= 11 is 0. The Morgan fingerprint density at radius 2 is 1.88 bits per heavy atom. The fourth-order valence-corrected chi connectivity index (χ4v) is 2.62. The molecule has 2 rings (SSSR count). The zero-order chi connectivity index (χ0) is 17.7. The third kappa shape index (κ3) is 3.93. The Kier molecular flexibility index (Phi) is 5.95. The molecule has 1 atom stereocenters. The van der Waals surface area contributed by atoms with E-state index in [1.165, 1.54) is 12.1 Å².